The van der Waals surface area contributed by atoms with Crippen LogP contribution in [0.25, 0.3) is 0 Å². The SMILES string of the molecule is CC(O)(c1ccc(O)cc1)C1CCNCC1. The smallest absolute Gasteiger partial charge is 0.115 e. The topological polar surface area (TPSA) is 52.5 Å². The minimum absolute atomic E-state index is 0.241. The number of nitrogens with one attached hydrogen (secondary N) is 1. The largest absolute Gasteiger partial charge is 0.508 e. The minimum Gasteiger partial charge on any atom is -0.508 e. The molecule has 3 heteroatoms. The highest BCUT2D eigenvalue weighted by Gasteiger charge is 2.34. The molecule has 3 N–H and O–H groups in total. The third-order valence-electron chi connectivity index (χ3n) is 3.59. The summed E-state index contributed by atoms with van der Waals surface area (Å²) in [6.07, 6.45) is 1.99. The standard InChI is InChI=1S/C13H19NO2/c1-13(16,11-6-8-14-9-7-11)10-2-4-12(15)5-3-10/h2-5,11,14-16H,6-9H2,1H3. The maximum Gasteiger partial charge on any atom is 0.115 e. The van der Waals surface area contributed by atoms with Crippen molar-refractivity contribution in [1.82, 2.24) is 5.32 Å². The van der Waals surface area contributed by atoms with Crippen LogP contribution in [-0.4, -0.2) is 23.3 Å². The number of aromatic hydroxyl groups is 1. The number of piperidine rings is 1. The molecule has 1 aliphatic heterocycles. The number of hydrogen-bond donors (Lipinski definition) is 3. The summed E-state index contributed by atoms with van der Waals surface area (Å²) in [5.74, 6) is 0.531. The maximum absolute atomic E-state index is 10.6. The molecule has 0 aromatic heterocycles. The summed E-state index contributed by atoms with van der Waals surface area (Å²) >= 11 is 0. The highest BCUT2D eigenvalue weighted by molar-refractivity contribution is 5.30. The summed E-state index contributed by atoms with van der Waals surface area (Å²) in [6, 6.07) is 6.87. The lowest BCUT2D eigenvalue weighted by Crippen LogP contribution is -2.39. The molecule has 1 fully saturated rings. The summed E-state index contributed by atoms with van der Waals surface area (Å²) in [5, 5.41) is 23.1. The van der Waals surface area contributed by atoms with Gasteiger partial charge in [0, 0.05) is 0 Å². The van der Waals surface area contributed by atoms with Crippen LogP contribution in [0.15, 0.2) is 24.3 Å². The summed E-state index contributed by atoms with van der Waals surface area (Å²) in [4.78, 5) is 0. The molecule has 1 atom stereocenters. The summed E-state index contributed by atoms with van der Waals surface area (Å²) in [7, 11) is 0. The van der Waals surface area contributed by atoms with E-state index in [0.29, 0.717) is 5.92 Å². The van der Waals surface area contributed by atoms with Crippen LogP contribution in [0.2, 0.25) is 0 Å². The molecule has 0 saturated carbocycles. The molecule has 0 bridgehead atoms. The third-order valence-corrected chi connectivity index (χ3v) is 3.59. The second-order valence-electron chi connectivity index (χ2n) is 4.72. The van der Waals surface area contributed by atoms with Crippen molar-refractivity contribution in [3.05, 3.63) is 29.8 Å². The van der Waals surface area contributed by atoms with Gasteiger partial charge in [0.25, 0.3) is 0 Å². The Morgan fingerprint density at radius 3 is 2.31 bits per heavy atom. The van der Waals surface area contributed by atoms with E-state index in [2.05, 4.69) is 5.32 Å². The Labute approximate surface area is 96.1 Å². The van der Waals surface area contributed by atoms with Gasteiger partial charge in [-0.05, 0) is 56.5 Å². The van der Waals surface area contributed by atoms with Crippen molar-refractivity contribution in [2.75, 3.05) is 13.1 Å². The predicted octanol–water partition coefficient (Wildman–Crippen LogP) is 1.60. The molecular weight excluding hydrogens is 202 g/mol. The monoisotopic (exact) mass is 221 g/mol. The van der Waals surface area contributed by atoms with Crippen LogP contribution in [0.5, 0.6) is 5.75 Å². The molecular formula is C13H19NO2. The van der Waals surface area contributed by atoms with Crippen LogP contribution in [0, 0.1) is 5.92 Å². The van der Waals surface area contributed by atoms with Gasteiger partial charge in [-0.15, -0.1) is 0 Å². The lowest BCUT2D eigenvalue weighted by Gasteiger charge is -2.36. The number of hydrogen-bond acceptors (Lipinski definition) is 3. The molecule has 1 aliphatic rings. The van der Waals surface area contributed by atoms with Crippen molar-refractivity contribution in [2.45, 2.75) is 25.4 Å². The average Bonchev–Trinajstić information content (AvgIpc) is 2.31. The average molecular weight is 221 g/mol. The zero-order valence-electron chi connectivity index (χ0n) is 9.61. The molecule has 1 saturated heterocycles. The van der Waals surface area contributed by atoms with E-state index in [1.807, 2.05) is 6.92 Å². The maximum atomic E-state index is 10.6. The van der Waals surface area contributed by atoms with Crippen LogP contribution in [0.4, 0.5) is 0 Å². The van der Waals surface area contributed by atoms with Gasteiger partial charge in [-0.2, -0.15) is 0 Å². The van der Waals surface area contributed by atoms with E-state index < -0.39 is 5.60 Å². The van der Waals surface area contributed by atoms with Crippen molar-refractivity contribution in [3.63, 3.8) is 0 Å². The van der Waals surface area contributed by atoms with E-state index in [1.165, 1.54) is 0 Å². The first-order valence-electron chi connectivity index (χ1n) is 5.83. The summed E-state index contributed by atoms with van der Waals surface area (Å²) < 4.78 is 0. The zero-order chi connectivity index (χ0) is 11.6. The van der Waals surface area contributed by atoms with Crippen LogP contribution in [-0.2, 0) is 5.60 Å². The van der Waals surface area contributed by atoms with E-state index in [4.69, 9.17) is 0 Å². The van der Waals surface area contributed by atoms with Gasteiger partial charge in [-0.3, -0.25) is 0 Å². The van der Waals surface area contributed by atoms with Crippen LogP contribution in [0.1, 0.15) is 25.3 Å². The van der Waals surface area contributed by atoms with Gasteiger partial charge in [-0.25, -0.2) is 0 Å². The molecule has 1 heterocycles. The summed E-state index contributed by atoms with van der Waals surface area (Å²) in [6.45, 7) is 3.81. The van der Waals surface area contributed by atoms with Crippen molar-refractivity contribution in [2.24, 2.45) is 5.92 Å². The van der Waals surface area contributed by atoms with Crippen LogP contribution in [0.3, 0.4) is 0 Å². The number of phenolic OH excluding ortho intramolecular Hbond substituents is 1. The van der Waals surface area contributed by atoms with Gasteiger partial charge >= 0.3 is 0 Å². The van der Waals surface area contributed by atoms with E-state index >= 15 is 0 Å². The zero-order valence-corrected chi connectivity index (χ0v) is 9.61. The normalized spacial score (nSPS) is 21.6. The Hall–Kier alpha value is -1.06. The van der Waals surface area contributed by atoms with E-state index in [0.717, 1.165) is 31.5 Å². The number of benzene rings is 1. The summed E-state index contributed by atoms with van der Waals surface area (Å²) in [5.41, 5.74) is 0.0905. The third kappa shape index (κ3) is 2.20. The van der Waals surface area contributed by atoms with E-state index in [9.17, 15) is 10.2 Å². The highest BCUT2D eigenvalue weighted by Crippen LogP contribution is 2.35. The fourth-order valence-electron chi connectivity index (χ4n) is 2.42. The lowest BCUT2D eigenvalue weighted by atomic mass is 9.78. The van der Waals surface area contributed by atoms with Gasteiger partial charge in [0.2, 0.25) is 0 Å². The highest BCUT2D eigenvalue weighted by atomic mass is 16.3. The molecule has 88 valence electrons. The molecule has 3 nitrogen and oxygen atoms in total. The minimum atomic E-state index is -0.796. The fraction of sp³-hybridized carbons (Fsp3) is 0.538. The molecule has 1 aromatic rings. The van der Waals surface area contributed by atoms with Gasteiger partial charge in [0.15, 0.2) is 0 Å². The first kappa shape index (κ1) is 11.4. The van der Waals surface area contributed by atoms with Gasteiger partial charge in [0.1, 0.15) is 5.75 Å². The van der Waals surface area contributed by atoms with Crippen LogP contribution < -0.4 is 5.32 Å². The van der Waals surface area contributed by atoms with Crippen molar-refractivity contribution >= 4 is 0 Å². The molecule has 0 radical (unpaired) electrons. The van der Waals surface area contributed by atoms with Crippen LogP contribution >= 0.6 is 0 Å². The van der Waals surface area contributed by atoms with Crippen molar-refractivity contribution < 1.29 is 10.2 Å². The molecule has 0 spiro atoms. The molecule has 2 rings (SSSR count). The Balaban J connectivity index is 2.19. The molecule has 16 heavy (non-hydrogen) atoms. The molecule has 1 aromatic carbocycles. The van der Waals surface area contributed by atoms with Crippen molar-refractivity contribution in [3.8, 4) is 5.75 Å². The molecule has 1 unspecified atom stereocenters. The first-order valence-corrected chi connectivity index (χ1v) is 5.83. The quantitative estimate of drug-likeness (QED) is 0.711. The van der Waals surface area contributed by atoms with E-state index in [-0.39, 0.29) is 5.75 Å². The molecule has 0 amide bonds. The second-order valence-corrected chi connectivity index (χ2v) is 4.72. The number of aliphatic hydroxyl groups is 1. The second kappa shape index (κ2) is 4.44. The molecule has 0 aliphatic carbocycles. The Morgan fingerprint density at radius 1 is 1.19 bits per heavy atom. The Kier molecular flexibility index (Phi) is 3.17. The van der Waals surface area contributed by atoms with Gasteiger partial charge in [-0.1, -0.05) is 12.1 Å². The van der Waals surface area contributed by atoms with Gasteiger partial charge < -0.3 is 15.5 Å². The number of phenols is 1. The predicted molar refractivity (Wildman–Crippen MR) is 63.3 cm³/mol. The fourth-order valence-corrected chi connectivity index (χ4v) is 2.42. The first-order chi connectivity index (χ1) is 7.60. The number of rotatable bonds is 2. The Bertz CT molecular complexity index is 339. The van der Waals surface area contributed by atoms with E-state index in [1.54, 1.807) is 24.3 Å². The van der Waals surface area contributed by atoms with Gasteiger partial charge in [0.05, 0.1) is 5.60 Å². The lowest BCUT2D eigenvalue weighted by molar-refractivity contribution is -0.0186. The van der Waals surface area contributed by atoms with Crippen molar-refractivity contribution in [1.29, 1.82) is 0 Å². The Morgan fingerprint density at radius 2 is 1.75 bits per heavy atom.